The van der Waals surface area contributed by atoms with Crippen LogP contribution >= 0.6 is 0 Å². The summed E-state index contributed by atoms with van der Waals surface area (Å²) < 4.78 is 27.3. The van der Waals surface area contributed by atoms with E-state index in [4.69, 9.17) is 4.11 Å². The predicted molar refractivity (Wildman–Crippen MR) is 292 cm³/mol. The Morgan fingerprint density at radius 1 is 0.433 bits per heavy atom. The number of hydrogen-bond acceptors (Lipinski definition) is 2. The monoisotopic (exact) mass is 882 g/mol. The summed E-state index contributed by atoms with van der Waals surface area (Å²) in [6.45, 7) is 29.5. The number of nitrogens with zero attached hydrogens (tertiary/aromatic N) is 2. The standard InChI is InChI=1S/C64H71BN2/c1-40-32-57-59-58(33-40)67(54-30-26-48(62(8,9)10)36-51(54)43-18-16-41(17-19-43)42-20-22-46(23-21-42)60(2,3)4)56-35-45-39-64(14,15)38-44(45)34-52(56)65(59)53-37-49(63(11,12)13)27-31-55(53)66(57)50-28-24-47(25-29-50)61(5,6)7/h16-37H,38-39H2,1-15H3/i1D3. The second-order valence-corrected chi connectivity index (χ2v) is 24.9. The summed E-state index contributed by atoms with van der Waals surface area (Å²) in [7, 11) is 0. The maximum Gasteiger partial charge on any atom is 0.252 e. The van der Waals surface area contributed by atoms with Gasteiger partial charge in [-0.15, -0.1) is 0 Å². The molecule has 2 nitrogen and oxygen atoms in total. The van der Waals surface area contributed by atoms with E-state index in [1.807, 2.05) is 12.1 Å². The minimum atomic E-state index is -2.37. The molecule has 7 aromatic carbocycles. The minimum absolute atomic E-state index is 0.0251. The largest absolute Gasteiger partial charge is 0.311 e. The van der Waals surface area contributed by atoms with E-state index < -0.39 is 6.85 Å². The van der Waals surface area contributed by atoms with E-state index >= 15 is 0 Å². The first-order valence-corrected chi connectivity index (χ1v) is 24.6. The number of fused-ring (bicyclic) bond motifs is 5. The molecule has 0 N–H and O–H groups in total. The summed E-state index contributed by atoms with van der Waals surface area (Å²) in [6, 6.07) is 50.0. The van der Waals surface area contributed by atoms with Crippen molar-refractivity contribution in [2.45, 2.75) is 138 Å². The van der Waals surface area contributed by atoms with Crippen molar-refractivity contribution in [3.63, 3.8) is 0 Å². The molecular formula is C64H71BN2. The van der Waals surface area contributed by atoms with E-state index in [1.54, 1.807) is 0 Å². The van der Waals surface area contributed by atoms with Crippen molar-refractivity contribution in [3.05, 3.63) is 172 Å². The zero-order valence-electron chi connectivity index (χ0n) is 45.6. The Hall–Kier alpha value is -5.80. The van der Waals surface area contributed by atoms with Crippen LogP contribution in [0.5, 0.6) is 0 Å². The van der Waals surface area contributed by atoms with Crippen LogP contribution in [-0.2, 0) is 34.5 Å². The molecule has 0 radical (unpaired) electrons. The molecule has 0 spiro atoms. The number of anilines is 6. The average Bonchev–Trinajstić information content (AvgIpc) is 3.59. The molecule has 2 aliphatic heterocycles. The van der Waals surface area contributed by atoms with Crippen LogP contribution in [0, 0.1) is 12.3 Å². The Morgan fingerprint density at radius 2 is 0.881 bits per heavy atom. The van der Waals surface area contributed by atoms with E-state index in [0.29, 0.717) is 5.56 Å². The van der Waals surface area contributed by atoms with Gasteiger partial charge in [0.05, 0.1) is 5.69 Å². The zero-order valence-corrected chi connectivity index (χ0v) is 42.6. The van der Waals surface area contributed by atoms with Gasteiger partial charge in [0, 0.05) is 38.1 Å². The Bertz CT molecular complexity index is 3180. The molecule has 340 valence electrons. The second kappa shape index (κ2) is 15.4. The molecule has 3 heteroatoms. The van der Waals surface area contributed by atoms with Crippen LogP contribution in [0.3, 0.4) is 0 Å². The van der Waals surface area contributed by atoms with Crippen molar-refractivity contribution in [2.75, 3.05) is 9.80 Å². The van der Waals surface area contributed by atoms with Gasteiger partial charge < -0.3 is 9.80 Å². The van der Waals surface area contributed by atoms with Gasteiger partial charge in [-0.2, -0.15) is 0 Å². The Morgan fingerprint density at radius 3 is 1.43 bits per heavy atom. The van der Waals surface area contributed by atoms with E-state index in [9.17, 15) is 0 Å². The lowest BCUT2D eigenvalue weighted by Gasteiger charge is -2.45. The van der Waals surface area contributed by atoms with Crippen molar-refractivity contribution < 1.29 is 4.11 Å². The lowest BCUT2D eigenvalue weighted by molar-refractivity contribution is 0.392. The van der Waals surface area contributed by atoms with Crippen LogP contribution in [0.1, 0.15) is 140 Å². The lowest BCUT2D eigenvalue weighted by Crippen LogP contribution is -2.61. The van der Waals surface area contributed by atoms with Crippen molar-refractivity contribution >= 4 is 57.2 Å². The smallest absolute Gasteiger partial charge is 0.252 e. The van der Waals surface area contributed by atoms with E-state index in [0.717, 1.165) is 63.6 Å². The zero-order chi connectivity index (χ0) is 50.2. The maximum absolute atomic E-state index is 9.10. The highest BCUT2D eigenvalue weighted by atomic mass is 15.2. The molecule has 2 heterocycles. The van der Waals surface area contributed by atoms with Crippen molar-refractivity contribution in [1.29, 1.82) is 0 Å². The summed E-state index contributed by atoms with van der Waals surface area (Å²) in [6.07, 6.45) is 2.00. The molecule has 7 aromatic rings. The molecule has 3 aliphatic rings. The van der Waals surface area contributed by atoms with Crippen LogP contribution in [-0.4, -0.2) is 6.71 Å². The number of aryl methyl sites for hydroxylation is 1. The van der Waals surface area contributed by atoms with Crippen LogP contribution in [0.2, 0.25) is 0 Å². The van der Waals surface area contributed by atoms with Crippen LogP contribution in [0.25, 0.3) is 22.3 Å². The summed E-state index contributed by atoms with van der Waals surface area (Å²) in [5.41, 5.74) is 22.5. The highest BCUT2D eigenvalue weighted by Crippen LogP contribution is 2.50. The van der Waals surface area contributed by atoms with Crippen molar-refractivity contribution in [1.82, 2.24) is 0 Å². The number of hydrogen-bond donors (Lipinski definition) is 0. The van der Waals surface area contributed by atoms with Gasteiger partial charge in [0.1, 0.15) is 0 Å². The van der Waals surface area contributed by atoms with Gasteiger partial charge in [0.25, 0.3) is 6.71 Å². The fourth-order valence-electron chi connectivity index (χ4n) is 11.1. The van der Waals surface area contributed by atoms with Crippen molar-refractivity contribution in [3.8, 4) is 22.3 Å². The fraction of sp³-hybridized carbons (Fsp3) is 0.344. The third kappa shape index (κ3) is 7.95. The Balaban J connectivity index is 1.27. The van der Waals surface area contributed by atoms with Gasteiger partial charge in [-0.3, -0.25) is 0 Å². The molecular weight excluding hydrogens is 808 g/mol. The first-order chi connectivity index (χ1) is 32.6. The quantitative estimate of drug-likeness (QED) is 0.163. The molecule has 0 saturated carbocycles. The van der Waals surface area contributed by atoms with Crippen molar-refractivity contribution in [2.24, 2.45) is 5.41 Å². The highest BCUT2D eigenvalue weighted by Gasteiger charge is 2.45. The summed E-state index contributed by atoms with van der Waals surface area (Å²) in [5.74, 6) is 0. The molecule has 0 amide bonds. The van der Waals surface area contributed by atoms with E-state index in [-0.39, 0.29) is 33.8 Å². The topological polar surface area (TPSA) is 6.48 Å². The fourth-order valence-corrected chi connectivity index (χ4v) is 11.1. The van der Waals surface area contributed by atoms with E-state index in [2.05, 4.69) is 228 Å². The third-order valence-corrected chi connectivity index (χ3v) is 15.0. The van der Waals surface area contributed by atoms with Gasteiger partial charge in [-0.25, -0.2) is 0 Å². The molecule has 0 atom stereocenters. The Kier molecular flexibility index (Phi) is 9.49. The summed E-state index contributed by atoms with van der Waals surface area (Å²) in [4.78, 5) is 4.81. The summed E-state index contributed by atoms with van der Waals surface area (Å²) >= 11 is 0. The minimum Gasteiger partial charge on any atom is -0.311 e. The Labute approximate surface area is 407 Å². The van der Waals surface area contributed by atoms with Gasteiger partial charge in [-0.05, 0) is 167 Å². The van der Waals surface area contributed by atoms with Gasteiger partial charge in [0.2, 0.25) is 0 Å². The molecule has 10 rings (SSSR count). The average molecular weight is 882 g/mol. The molecule has 0 unspecified atom stereocenters. The highest BCUT2D eigenvalue weighted by molar-refractivity contribution is 7.00. The normalized spacial score (nSPS) is 16.1. The predicted octanol–water partition coefficient (Wildman–Crippen LogP) is 15.7. The lowest BCUT2D eigenvalue weighted by atomic mass is 9.33. The third-order valence-electron chi connectivity index (χ3n) is 15.0. The van der Waals surface area contributed by atoms with E-state index in [1.165, 1.54) is 55.4 Å². The second-order valence-electron chi connectivity index (χ2n) is 24.9. The van der Waals surface area contributed by atoms with Crippen LogP contribution < -0.4 is 26.2 Å². The first-order valence-electron chi connectivity index (χ1n) is 26.1. The van der Waals surface area contributed by atoms with Crippen LogP contribution in [0.4, 0.5) is 34.1 Å². The molecule has 0 saturated heterocycles. The van der Waals surface area contributed by atoms with Gasteiger partial charge in [-0.1, -0.05) is 182 Å². The molecule has 0 fully saturated rings. The maximum atomic E-state index is 9.10. The molecule has 1 aliphatic carbocycles. The van der Waals surface area contributed by atoms with Gasteiger partial charge >= 0.3 is 0 Å². The molecule has 0 aromatic heterocycles. The first kappa shape index (κ1) is 41.4. The van der Waals surface area contributed by atoms with Crippen LogP contribution in [0.15, 0.2) is 133 Å². The number of benzene rings is 7. The summed E-state index contributed by atoms with van der Waals surface area (Å²) in [5, 5.41) is 0. The van der Waals surface area contributed by atoms with Gasteiger partial charge in [0.15, 0.2) is 0 Å². The molecule has 67 heavy (non-hydrogen) atoms. The molecule has 0 bridgehead atoms. The SMILES string of the molecule is [2H]C([2H])([2H])c1cc2c3c(c1)N(c1ccc(C(C)(C)C)cc1-c1ccc(-c4ccc(C(C)(C)C)cc4)cc1)c1cc4c(cc1B3c1cc(C(C)(C)C)ccc1N2c1ccc(C(C)(C)C)cc1)CC(C)(C)C4. The number of rotatable bonds is 4.